The monoisotopic (exact) mass is 962 g/mol. The molecule has 22 nitrogen and oxygen atoms in total. The molecule has 0 aliphatic carbocycles. The van der Waals surface area contributed by atoms with Crippen LogP contribution in [-0.4, -0.2) is 115 Å². The van der Waals surface area contributed by atoms with E-state index in [1.165, 1.54) is 26.2 Å². The number of amides is 4. The fourth-order valence-electron chi connectivity index (χ4n) is 6.54. The lowest BCUT2D eigenvalue weighted by atomic mass is 9.84. The van der Waals surface area contributed by atoms with Gasteiger partial charge in [0.15, 0.2) is 16.9 Å². The maximum atomic E-state index is 14.1. The van der Waals surface area contributed by atoms with Crippen LogP contribution in [0.2, 0.25) is 0 Å². The SMILES string of the molecule is CC(C)(C)OC(=O)NCCCn1cc(-c2ccc3c(c2)CCC(C(C)(O/N=C(\C(=O)N[C@@H]2C(=O)N(OS(=O)(=O)O)C2(C)C)c2csc(NC(=O)OC(C)(C)C)n2)C(=O)OC(C)(C)C)O3)cn1. The standard InChI is InChI=1S/C42H58N8O14S2/c1-38(2,3)60-34(53)42(12,29-17-15-25-20-24(14-16-28(25)59-29)26-21-44-49(22-26)19-13-18-43-36(54)61-39(4,5)6)63-48-30(27-23-65-35(45-27)47-37(55)62-40(7,8)9)32(51)46-31-33(52)50(41(31,10)11)64-66(56,57)58/h14,16,20-23,29,31H,13,15,17-19H2,1-12H3,(H,43,54)(H,46,51)(H,45,47,55)(H,56,57,58)/b48-30-/t29?,31-,42?/m1/s1. The zero-order valence-corrected chi connectivity index (χ0v) is 40.6. The first kappa shape index (κ1) is 51.1. The number of hydrogen-bond donors (Lipinski definition) is 4. The average molecular weight is 963 g/mol. The summed E-state index contributed by atoms with van der Waals surface area (Å²) in [7, 11) is -5.09. The first-order valence-electron chi connectivity index (χ1n) is 20.9. The summed E-state index contributed by atoms with van der Waals surface area (Å²) < 4.78 is 61.1. The number of thiazole rings is 1. The van der Waals surface area contributed by atoms with Crippen molar-refractivity contribution in [1.82, 2.24) is 30.5 Å². The fraction of sp³-hybridized carbons (Fsp3) is 0.571. The molecule has 4 amide bonds. The topological polar surface area (TPSA) is 277 Å². The van der Waals surface area contributed by atoms with Crippen LogP contribution in [-0.2, 0) is 61.1 Å². The van der Waals surface area contributed by atoms with Crippen molar-refractivity contribution in [3.05, 3.63) is 47.2 Å². The second-order valence-electron chi connectivity index (χ2n) is 19.2. The largest absolute Gasteiger partial charge is 0.485 e. The number of esters is 1. The Bertz CT molecular complexity index is 2460. The van der Waals surface area contributed by atoms with Crippen LogP contribution in [0.3, 0.4) is 0 Å². The van der Waals surface area contributed by atoms with E-state index in [0.717, 1.165) is 28.0 Å². The molecule has 2 aromatic heterocycles. The van der Waals surface area contributed by atoms with Gasteiger partial charge >= 0.3 is 28.6 Å². The highest BCUT2D eigenvalue weighted by molar-refractivity contribution is 7.80. The van der Waals surface area contributed by atoms with Crippen molar-refractivity contribution in [3.8, 4) is 16.9 Å². The normalized spacial score (nSPS) is 18.4. The molecule has 2 aliphatic rings. The molecule has 2 aliphatic heterocycles. The third-order valence-corrected chi connectivity index (χ3v) is 10.7. The molecule has 0 bridgehead atoms. The van der Waals surface area contributed by atoms with Crippen LogP contribution in [0, 0.1) is 0 Å². The van der Waals surface area contributed by atoms with Crippen LogP contribution in [0.25, 0.3) is 11.1 Å². The molecular formula is C42H58N8O14S2. The molecule has 0 radical (unpaired) electrons. The molecular weight excluding hydrogens is 905 g/mol. The number of hydrogen-bond acceptors (Lipinski definition) is 17. The quantitative estimate of drug-likeness (QED) is 0.0285. The predicted molar refractivity (Wildman–Crippen MR) is 239 cm³/mol. The van der Waals surface area contributed by atoms with Gasteiger partial charge in [-0.3, -0.25) is 24.1 Å². The molecule has 5 rings (SSSR count). The predicted octanol–water partition coefficient (Wildman–Crippen LogP) is 5.32. The second-order valence-corrected chi connectivity index (χ2v) is 21.1. The molecule has 66 heavy (non-hydrogen) atoms. The number of nitrogens with one attached hydrogen (secondary N) is 3. The summed E-state index contributed by atoms with van der Waals surface area (Å²) in [6.07, 6.45) is 2.54. The maximum absolute atomic E-state index is 14.1. The van der Waals surface area contributed by atoms with Crippen LogP contribution in [0.15, 0.2) is 41.1 Å². The van der Waals surface area contributed by atoms with Gasteiger partial charge in [0.05, 0.1) is 11.7 Å². The summed E-state index contributed by atoms with van der Waals surface area (Å²) in [4.78, 5) is 76.2. The molecule has 0 saturated carbocycles. The Morgan fingerprint density at radius 1 is 0.970 bits per heavy atom. The molecule has 3 atom stereocenters. The number of benzene rings is 1. The Kier molecular flexibility index (Phi) is 14.9. The van der Waals surface area contributed by atoms with Gasteiger partial charge in [-0.25, -0.2) is 19.4 Å². The minimum Gasteiger partial charge on any atom is -0.485 e. The summed E-state index contributed by atoms with van der Waals surface area (Å²) in [5, 5.41) is 18.1. The summed E-state index contributed by atoms with van der Waals surface area (Å²) in [5.74, 6) is -2.50. The number of anilines is 1. The van der Waals surface area contributed by atoms with E-state index in [2.05, 4.69) is 35.5 Å². The van der Waals surface area contributed by atoms with E-state index in [4.69, 9.17) is 23.8 Å². The van der Waals surface area contributed by atoms with E-state index < -0.39 is 86.2 Å². The zero-order valence-electron chi connectivity index (χ0n) is 39.0. The number of carbonyl (C=O) groups excluding carboxylic acids is 5. The molecule has 1 saturated heterocycles. The lowest BCUT2D eigenvalue weighted by molar-refractivity contribution is -0.218. The number of rotatable bonds is 15. The van der Waals surface area contributed by atoms with Crippen molar-refractivity contribution in [3.63, 3.8) is 0 Å². The third-order valence-electron chi connectivity index (χ3n) is 9.64. The molecule has 3 aromatic rings. The number of hydroxylamine groups is 2. The van der Waals surface area contributed by atoms with Gasteiger partial charge in [-0.15, -0.1) is 15.6 Å². The Balaban J connectivity index is 1.39. The number of aromatic nitrogens is 3. The van der Waals surface area contributed by atoms with Crippen molar-refractivity contribution in [2.75, 3.05) is 11.9 Å². The van der Waals surface area contributed by atoms with Gasteiger partial charge in [0.1, 0.15) is 34.3 Å². The van der Waals surface area contributed by atoms with Gasteiger partial charge < -0.3 is 34.4 Å². The summed E-state index contributed by atoms with van der Waals surface area (Å²) in [6.45, 7) is 20.5. The molecule has 0 spiro atoms. The Morgan fingerprint density at radius 2 is 1.62 bits per heavy atom. The van der Waals surface area contributed by atoms with E-state index in [9.17, 15) is 36.9 Å². The Labute approximate surface area is 386 Å². The van der Waals surface area contributed by atoms with Gasteiger partial charge in [0, 0.05) is 30.2 Å². The van der Waals surface area contributed by atoms with Crippen molar-refractivity contribution in [1.29, 1.82) is 0 Å². The van der Waals surface area contributed by atoms with E-state index in [1.807, 2.05) is 18.3 Å². The molecule has 24 heteroatoms. The van der Waals surface area contributed by atoms with Crippen LogP contribution in [0.1, 0.15) is 107 Å². The van der Waals surface area contributed by atoms with Gasteiger partial charge in [-0.1, -0.05) is 11.2 Å². The zero-order chi connectivity index (χ0) is 49.2. The smallest absolute Gasteiger partial charge is 0.418 e. The van der Waals surface area contributed by atoms with Crippen molar-refractivity contribution in [2.24, 2.45) is 5.16 Å². The maximum Gasteiger partial charge on any atom is 0.418 e. The number of ether oxygens (including phenoxy) is 4. The summed E-state index contributed by atoms with van der Waals surface area (Å²) in [5.41, 5.74) is -4.13. The number of carbonyl (C=O) groups is 5. The van der Waals surface area contributed by atoms with E-state index in [1.54, 1.807) is 79.3 Å². The number of oxime groups is 1. The molecule has 1 fully saturated rings. The number of nitrogens with zero attached hydrogens (tertiary/aromatic N) is 5. The van der Waals surface area contributed by atoms with E-state index >= 15 is 0 Å². The Morgan fingerprint density at radius 3 is 2.24 bits per heavy atom. The number of aryl methyl sites for hydroxylation is 2. The van der Waals surface area contributed by atoms with E-state index in [0.29, 0.717) is 36.7 Å². The second kappa shape index (κ2) is 19.2. The molecule has 1 aromatic carbocycles. The molecule has 4 heterocycles. The first-order valence-corrected chi connectivity index (χ1v) is 23.1. The Hall–Kier alpha value is -5.85. The van der Waals surface area contributed by atoms with Crippen molar-refractivity contribution < 1.29 is 65.0 Å². The van der Waals surface area contributed by atoms with Crippen LogP contribution < -0.4 is 20.7 Å². The lowest BCUT2D eigenvalue weighted by Gasteiger charge is -2.50. The summed E-state index contributed by atoms with van der Waals surface area (Å²) in [6, 6.07) is 4.16. The van der Waals surface area contributed by atoms with Crippen LogP contribution in [0.5, 0.6) is 5.75 Å². The molecule has 4 N–H and O–H groups in total. The lowest BCUT2D eigenvalue weighted by Crippen LogP contribution is -2.76. The van der Waals surface area contributed by atoms with Crippen LogP contribution in [0.4, 0.5) is 14.7 Å². The highest BCUT2D eigenvalue weighted by Gasteiger charge is 2.58. The van der Waals surface area contributed by atoms with Gasteiger partial charge in [-0.2, -0.15) is 18.6 Å². The number of β-lactam (4-membered cyclic amide) rings is 1. The van der Waals surface area contributed by atoms with Crippen molar-refractivity contribution in [2.45, 2.75) is 149 Å². The van der Waals surface area contributed by atoms with Gasteiger partial charge in [0.2, 0.25) is 0 Å². The van der Waals surface area contributed by atoms with Gasteiger partial charge in [0.25, 0.3) is 17.4 Å². The first-order chi connectivity index (χ1) is 30.3. The van der Waals surface area contributed by atoms with Crippen LogP contribution >= 0.6 is 11.3 Å². The number of alkyl carbamates (subject to hydrolysis) is 1. The molecule has 2 unspecified atom stereocenters. The van der Waals surface area contributed by atoms with Gasteiger partial charge in [-0.05, 0) is 126 Å². The summed E-state index contributed by atoms with van der Waals surface area (Å²) >= 11 is 0.902. The average Bonchev–Trinajstić information content (AvgIpc) is 3.84. The minimum absolute atomic E-state index is 0.00559. The highest BCUT2D eigenvalue weighted by Crippen LogP contribution is 2.38. The number of fused-ring (bicyclic) bond motifs is 1. The molecule has 362 valence electrons. The minimum atomic E-state index is -5.09. The van der Waals surface area contributed by atoms with E-state index in [-0.39, 0.29) is 17.2 Å². The van der Waals surface area contributed by atoms with Crippen molar-refractivity contribution >= 4 is 62.5 Å². The third kappa shape index (κ3) is 13.4. The highest BCUT2D eigenvalue weighted by atomic mass is 32.3. The fourth-order valence-corrected chi connectivity index (χ4v) is 7.67.